The Kier molecular flexibility index (Phi) is 4.00. The molecule has 2 aromatic rings. The van der Waals surface area contributed by atoms with Crippen LogP contribution in [0, 0.1) is 20.8 Å². The number of aryl methyl sites for hydroxylation is 3. The molecule has 2 aromatic carbocycles. The van der Waals surface area contributed by atoms with Crippen LogP contribution in [0.15, 0.2) is 47.6 Å². The van der Waals surface area contributed by atoms with Crippen LogP contribution in [0.4, 0.5) is 5.69 Å². The van der Waals surface area contributed by atoms with E-state index >= 15 is 0 Å². The topological polar surface area (TPSA) is 24.4 Å². The standard InChI is InChI=1S/C17H20N2/c1-12-6-9-16(10-7-12)19-18-15(4)17-11-13(2)5-8-14(17)3/h5-11,19H,1-4H3/b18-15-. The first-order valence-corrected chi connectivity index (χ1v) is 6.51. The van der Waals surface area contributed by atoms with E-state index in [4.69, 9.17) is 0 Å². The Hall–Kier alpha value is -2.09. The summed E-state index contributed by atoms with van der Waals surface area (Å²) < 4.78 is 0. The summed E-state index contributed by atoms with van der Waals surface area (Å²) in [5, 5.41) is 4.46. The number of hydrazone groups is 1. The predicted molar refractivity (Wildman–Crippen MR) is 82.9 cm³/mol. The van der Waals surface area contributed by atoms with E-state index in [0.717, 1.165) is 11.4 Å². The first kappa shape index (κ1) is 13.3. The van der Waals surface area contributed by atoms with Crippen molar-refractivity contribution in [3.63, 3.8) is 0 Å². The van der Waals surface area contributed by atoms with Gasteiger partial charge in [-0.1, -0.05) is 35.4 Å². The summed E-state index contributed by atoms with van der Waals surface area (Å²) in [5.74, 6) is 0. The molecule has 0 saturated heterocycles. The van der Waals surface area contributed by atoms with Crippen molar-refractivity contribution in [2.75, 3.05) is 5.43 Å². The molecule has 0 aliphatic rings. The van der Waals surface area contributed by atoms with E-state index in [1.807, 2.05) is 19.1 Å². The second-order valence-corrected chi connectivity index (χ2v) is 4.99. The van der Waals surface area contributed by atoms with E-state index in [9.17, 15) is 0 Å². The summed E-state index contributed by atoms with van der Waals surface area (Å²) >= 11 is 0. The lowest BCUT2D eigenvalue weighted by molar-refractivity contribution is 1.29. The van der Waals surface area contributed by atoms with Gasteiger partial charge in [0.1, 0.15) is 0 Å². The van der Waals surface area contributed by atoms with E-state index in [2.05, 4.69) is 61.6 Å². The maximum atomic E-state index is 4.46. The Morgan fingerprint density at radius 3 is 2.21 bits per heavy atom. The van der Waals surface area contributed by atoms with Gasteiger partial charge in [0.25, 0.3) is 0 Å². The second kappa shape index (κ2) is 5.70. The van der Waals surface area contributed by atoms with Crippen LogP contribution < -0.4 is 5.43 Å². The molecule has 0 fully saturated rings. The minimum absolute atomic E-state index is 1.00. The quantitative estimate of drug-likeness (QED) is 0.633. The zero-order valence-electron chi connectivity index (χ0n) is 12.0. The SMILES string of the molecule is C/C(=N/Nc1ccc(C)cc1)c1cc(C)ccc1C. The van der Waals surface area contributed by atoms with Crippen LogP contribution in [-0.2, 0) is 0 Å². The lowest BCUT2D eigenvalue weighted by Gasteiger charge is -2.08. The molecule has 0 aromatic heterocycles. The van der Waals surface area contributed by atoms with Gasteiger partial charge >= 0.3 is 0 Å². The zero-order chi connectivity index (χ0) is 13.8. The molecular weight excluding hydrogens is 232 g/mol. The number of hydrogen-bond acceptors (Lipinski definition) is 2. The van der Waals surface area contributed by atoms with Crippen molar-refractivity contribution in [1.82, 2.24) is 0 Å². The van der Waals surface area contributed by atoms with Crippen LogP contribution in [0.2, 0.25) is 0 Å². The van der Waals surface area contributed by atoms with Gasteiger partial charge < -0.3 is 0 Å². The van der Waals surface area contributed by atoms with Gasteiger partial charge in [-0.2, -0.15) is 5.10 Å². The van der Waals surface area contributed by atoms with Crippen molar-refractivity contribution in [2.24, 2.45) is 5.10 Å². The zero-order valence-corrected chi connectivity index (χ0v) is 12.0. The summed E-state index contributed by atoms with van der Waals surface area (Å²) in [4.78, 5) is 0. The van der Waals surface area contributed by atoms with Crippen molar-refractivity contribution < 1.29 is 0 Å². The highest BCUT2D eigenvalue weighted by Gasteiger charge is 2.02. The fourth-order valence-corrected chi connectivity index (χ4v) is 1.96. The van der Waals surface area contributed by atoms with Gasteiger partial charge in [0.05, 0.1) is 11.4 Å². The molecule has 1 N–H and O–H groups in total. The maximum absolute atomic E-state index is 4.46. The van der Waals surface area contributed by atoms with Gasteiger partial charge in [0.2, 0.25) is 0 Å². The van der Waals surface area contributed by atoms with E-state index in [1.165, 1.54) is 22.3 Å². The molecule has 0 aliphatic heterocycles. The van der Waals surface area contributed by atoms with E-state index < -0.39 is 0 Å². The van der Waals surface area contributed by atoms with Gasteiger partial charge in [-0.25, -0.2) is 0 Å². The van der Waals surface area contributed by atoms with E-state index in [-0.39, 0.29) is 0 Å². The molecule has 2 rings (SSSR count). The smallest absolute Gasteiger partial charge is 0.0651 e. The largest absolute Gasteiger partial charge is 0.278 e. The fraction of sp³-hybridized carbons (Fsp3) is 0.235. The van der Waals surface area contributed by atoms with Crippen LogP contribution in [-0.4, -0.2) is 5.71 Å². The van der Waals surface area contributed by atoms with Gasteiger partial charge in [-0.15, -0.1) is 0 Å². The monoisotopic (exact) mass is 252 g/mol. The number of benzene rings is 2. The number of nitrogens with zero attached hydrogens (tertiary/aromatic N) is 1. The summed E-state index contributed by atoms with van der Waals surface area (Å²) in [6.45, 7) is 8.32. The van der Waals surface area contributed by atoms with Gasteiger partial charge in [-0.3, -0.25) is 5.43 Å². The van der Waals surface area contributed by atoms with Crippen LogP contribution in [0.1, 0.15) is 29.2 Å². The van der Waals surface area contributed by atoms with Gasteiger partial charge in [-0.05, 0) is 51.5 Å². The number of anilines is 1. The summed E-state index contributed by atoms with van der Waals surface area (Å²) in [6, 6.07) is 14.7. The molecule has 0 bridgehead atoms. The van der Waals surface area contributed by atoms with Crippen molar-refractivity contribution >= 4 is 11.4 Å². The molecule has 0 radical (unpaired) electrons. The molecule has 19 heavy (non-hydrogen) atoms. The third-order valence-corrected chi connectivity index (χ3v) is 3.19. The summed E-state index contributed by atoms with van der Waals surface area (Å²) in [6.07, 6.45) is 0. The molecule has 0 amide bonds. The van der Waals surface area contributed by atoms with Gasteiger partial charge in [0, 0.05) is 5.56 Å². The molecule has 2 nitrogen and oxygen atoms in total. The Labute approximate surface area is 115 Å². The highest BCUT2D eigenvalue weighted by atomic mass is 15.3. The van der Waals surface area contributed by atoms with Crippen molar-refractivity contribution in [3.8, 4) is 0 Å². The lowest BCUT2D eigenvalue weighted by Crippen LogP contribution is -2.02. The van der Waals surface area contributed by atoms with Crippen LogP contribution in [0.3, 0.4) is 0 Å². The normalized spacial score (nSPS) is 11.5. The molecule has 0 heterocycles. The van der Waals surface area contributed by atoms with Gasteiger partial charge in [0.15, 0.2) is 0 Å². The molecule has 0 saturated carbocycles. The molecule has 0 unspecified atom stereocenters. The molecule has 98 valence electrons. The molecule has 2 heteroatoms. The Morgan fingerprint density at radius 1 is 0.895 bits per heavy atom. The molecular formula is C17H20N2. The minimum Gasteiger partial charge on any atom is -0.278 e. The number of hydrogen-bond donors (Lipinski definition) is 1. The average molecular weight is 252 g/mol. The Bertz CT molecular complexity index is 595. The Morgan fingerprint density at radius 2 is 1.53 bits per heavy atom. The molecule has 0 spiro atoms. The first-order chi connectivity index (χ1) is 9.06. The highest BCUT2D eigenvalue weighted by Crippen LogP contribution is 2.13. The van der Waals surface area contributed by atoms with Crippen LogP contribution in [0.25, 0.3) is 0 Å². The lowest BCUT2D eigenvalue weighted by atomic mass is 10.0. The first-order valence-electron chi connectivity index (χ1n) is 6.51. The van der Waals surface area contributed by atoms with Crippen LogP contribution in [0.5, 0.6) is 0 Å². The molecule has 0 atom stereocenters. The summed E-state index contributed by atoms with van der Waals surface area (Å²) in [7, 11) is 0. The molecule has 0 aliphatic carbocycles. The van der Waals surface area contributed by atoms with E-state index in [0.29, 0.717) is 0 Å². The third-order valence-electron chi connectivity index (χ3n) is 3.19. The minimum atomic E-state index is 1.00. The third kappa shape index (κ3) is 3.44. The fourth-order valence-electron chi connectivity index (χ4n) is 1.96. The maximum Gasteiger partial charge on any atom is 0.0651 e. The summed E-state index contributed by atoms with van der Waals surface area (Å²) in [5.41, 5.74) is 10.1. The van der Waals surface area contributed by atoms with Crippen LogP contribution >= 0.6 is 0 Å². The highest BCUT2D eigenvalue weighted by molar-refractivity contribution is 6.00. The second-order valence-electron chi connectivity index (χ2n) is 4.99. The van der Waals surface area contributed by atoms with Crippen molar-refractivity contribution in [2.45, 2.75) is 27.7 Å². The average Bonchev–Trinajstić information content (AvgIpc) is 2.40. The Balaban J connectivity index is 2.19. The van der Waals surface area contributed by atoms with Crippen molar-refractivity contribution in [3.05, 3.63) is 64.7 Å². The number of nitrogens with one attached hydrogen (secondary N) is 1. The number of rotatable bonds is 3. The van der Waals surface area contributed by atoms with E-state index in [1.54, 1.807) is 0 Å². The van der Waals surface area contributed by atoms with Crippen molar-refractivity contribution in [1.29, 1.82) is 0 Å². The predicted octanol–water partition coefficient (Wildman–Crippen LogP) is 4.45.